The van der Waals surface area contributed by atoms with Gasteiger partial charge >= 0.3 is 0 Å². The Balaban J connectivity index is 2.71. The van der Waals surface area contributed by atoms with E-state index >= 15 is 0 Å². The van der Waals surface area contributed by atoms with Crippen LogP contribution in [0.5, 0.6) is 0 Å². The molecule has 6 heteroatoms. The quantitative estimate of drug-likeness (QED) is 0.380. The molecule has 1 heterocycles. The molecule has 1 fully saturated rings. The Morgan fingerprint density at radius 3 is 2.36 bits per heavy atom. The van der Waals surface area contributed by atoms with Crippen LogP contribution in [0.4, 0.5) is 4.39 Å². The number of hydrogen-bond donors (Lipinski definition) is 4. The highest BCUT2D eigenvalue weighted by Gasteiger charge is 2.54. The molecular weight excluding hydrogens is 175 g/mol. The molecule has 0 aromatic rings. The molecule has 0 amide bonds. The molecule has 1 aliphatic heterocycles. The van der Waals surface area contributed by atoms with Gasteiger partial charge in [0.25, 0.3) is 5.85 Å². The molecule has 66 valence electrons. The van der Waals surface area contributed by atoms with Gasteiger partial charge in [0, 0.05) is 0 Å². The van der Waals surface area contributed by atoms with E-state index in [0.717, 1.165) is 0 Å². The lowest BCUT2D eigenvalue weighted by Gasteiger charge is -2.18. The van der Waals surface area contributed by atoms with Gasteiger partial charge < -0.3 is 20.1 Å². The standard InChI is InChI=1S/C5H9FO4S/c6-5(9)3(8)2(1-7)10-4(5)11/h2-4,7-9,11H,1H2/t2-,3-,4?,5+/m1/s1. The molecule has 0 radical (unpaired) electrons. The Labute approximate surface area is 68.0 Å². The van der Waals surface area contributed by atoms with Crippen LogP contribution >= 0.6 is 12.6 Å². The largest absolute Gasteiger partial charge is 0.394 e. The first-order valence-electron chi connectivity index (χ1n) is 3.04. The Hall–Kier alpha value is 0.120. The molecule has 4 nitrogen and oxygen atoms in total. The maximum absolute atomic E-state index is 12.8. The molecule has 11 heavy (non-hydrogen) atoms. The molecule has 1 unspecified atom stereocenters. The second kappa shape index (κ2) is 2.87. The monoisotopic (exact) mass is 184 g/mol. The third kappa shape index (κ3) is 1.36. The third-order valence-corrected chi connectivity index (χ3v) is 2.08. The van der Waals surface area contributed by atoms with E-state index in [0.29, 0.717) is 0 Å². The number of hydrogen-bond acceptors (Lipinski definition) is 5. The van der Waals surface area contributed by atoms with Crippen LogP contribution in [0.1, 0.15) is 0 Å². The van der Waals surface area contributed by atoms with Crippen LogP contribution in [0, 0.1) is 0 Å². The summed E-state index contributed by atoms with van der Waals surface area (Å²) in [5.41, 5.74) is -1.41. The number of aliphatic hydroxyl groups excluding tert-OH is 2. The van der Waals surface area contributed by atoms with Crippen LogP contribution in [-0.2, 0) is 4.74 Å². The predicted octanol–water partition coefficient (Wildman–Crippen LogP) is -1.35. The van der Waals surface area contributed by atoms with Gasteiger partial charge in [-0.1, -0.05) is 0 Å². The van der Waals surface area contributed by atoms with Crippen molar-refractivity contribution >= 4 is 12.6 Å². The highest BCUT2D eigenvalue weighted by Crippen LogP contribution is 2.34. The number of rotatable bonds is 1. The van der Waals surface area contributed by atoms with E-state index in [-0.39, 0.29) is 0 Å². The SMILES string of the molecule is OC[C@H]1OC(S)[C@](O)(F)[C@@H]1O. The minimum absolute atomic E-state index is 0.551. The number of thiol groups is 1. The number of alkyl halides is 1. The number of ether oxygens (including phenoxy) is 1. The van der Waals surface area contributed by atoms with Crippen molar-refractivity contribution in [2.24, 2.45) is 0 Å². The number of halogens is 1. The maximum atomic E-state index is 12.8. The first-order chi connectivity index (χ1) is 5.00. The second-order valence-corrected chi connectivity index (χ2v) is 2.85. The summed E-state index contributed by atoms with van der Waals surface area (Å²) >= 11 is 3.53. The Morgan fingerprint density at radius 1 is 1.64 bits per heavy atom. The van der Waals surface area contributed by atoms with Crippen LogP contribution in [0.15, 0.2) is 0 Å². The summed E-state index contributed by atoms with van der Waals surface area (Å²) in [5.74, 6) is -2.88. The van der Waals surface area contributed by atoms with E-state index in [1.165, 1.54) is 0 Å². The molecule has 0 aromatic carbocycles. The van der Waals surface area contributed by atoms with Crippen LogP contribution < -0.4 is 0 Å². The van der Waals surface area contributed by atoms with Crippen molar-refractivity contribution in [3.63, 3.8) is 0 Å². The van der Waals surface area contributed by atoms with E-state index in [9.17, 15) is 4.39 Å². The summed E-state index contributed by atoms with van der Waals surface area (Å²) in [7, 11) is 0. The van der Waals surface area contributed by atoms with Crippen LogP contribution in [0.25, 0.3) is 0 Å². The van der Waals surface area contributed by atoms with Crippen molar-refractivity contribution in [3.05, 3.63) is 0 Å². The maximum Gasteiger partial charge on any atom is 0.271 e. The van der Waals surface area contributed by atoms with Gasteiger partial charge in [0.15, 0.2) is 5.44 Å². The number of aliphatic hydroxyl groups is 3. The Morgan fingerprint density at radius 2 is 2.18 bits per heavy atom. The molecule has 4 atom stereocenters. The molecule has 1 saturated heterocycles. The van der Waals surface area contributed by atoms with E-state index in [1.807, 2.05) is 0 Å². The zero-order valence-electron chi connectivity index (χ0n) is 5.51. The van der Waals surface area contributed by atoms with E-state index in [4.69, 9.17) is 15.3 Å². The van der Waals surface area contributed by atoms with Gasteiger partial charge in [-0.3, -0.25) is 0 Å². The van der Waals surface area contributed by atoms with E-state index < -0.39 is 30.1 Å². The molecular formula is C5H9FO4S. The third-order valence-electron chi connectivity index (χ3n) is 1.60. The van der Waals surface area contributed by atoms with E-state index in [2.05, 4.69) is 17.4 Å². The molecule has 0 spiro atoms. The molecule has 3 N–H and O–H groups in total. The van der Waals surface area contributed by atoms with Crippen molar-refractivity contribution in [1.29, 1.82) is 0 Å². The normalized spacial score (nSPS) is 51.5. The minimum atomic E-state index is -2.88. The van der Waals surface area contributed by atoms with E-state index in [1.54, 1.807) is 0 Å². The summed E-state index contributed by atoms with van der Waals surface area (Å²) in [4.78, 5) is 0. The van der Waals surface area contributed by atoms with Crippen LogP contribution in [0.2, 0.25) is 0 Å². The van der Waals surface area contributed by atoms with Gasteiger partial charge in [-0.2, -0.15) is 0 Å². The summed E-state index contributed by atoms with van der Waals surface area (Å²) in [6.07, 6.45) is -2.84. The van der Waals surface area contributed by atoms with Gasteiger partial charge in [0.2, 0.25) is 0 Å². The molecule has 1 rings (SSSR count). The fourth-order valence-electron chi connectivity index (χ4n) is 0.885. The summed E-state index contributed by atoms with van der Waals surface area (Å²) in [5, 5.41) is 26.2. The molecule has 0 aromatic heterocycles. The van der Waals surface area contributed by atoms with Gasteiger partial charge in [-0.25, -0.2) is 4.39 Å². The van der Waals surface area contributed by atoms with Crippen molar-refractivity contribution in [2.75, 3.05) is 6.61 Å². The van der Waals surface area contributed by atoms with Gasteiger partial charge in [0.05, 0.1) is 6.61 Å². The first-order valence-corrected chi connectivity index (χ1v) is 3.55. The van der Waals surface area contributed by atoms with Crippen molar-refractivity contribution in [1.82, 2.24) is 0 Å². The fourth-order valence-corrected chi connectivity index (χ4v) is 1.19. The van der Waals surface area contributed by atoms with Crippen molar-refractivity contribution < 1.29 is 24.4 Å². The van der Waals surface area contributed by atoms with Gasteiger partial charge in [-0.05, 0) is 0 Å². The average Bonchev–Trinajstić information content (AvgIpc) is 2.14. The topological polar surface area (TPSA) is 69.9 Å². The zero-order chi connectivity index (χ0) is 8.65. The molecule has 1 aliphatic rings. The average molecular weight is 184 g/mol. The molecule has 0 bridgehead atoms. The smallest absolute Gasteiger partial charge is 0.271 e. The predicted molar refractivity (Wildman–Crippen MR) is 36.8 cm³/mol. The Bertz CT molecular complexity index is 153. The summed E-state index contributed by atoms with van der Waals surface area (Å²) < 4.78 is 17.4. The van der Waals surface area contributed by atoms with Gasteiger partial charge in [0.1, 0.15) is 12.2 Å². The highest BCUT2D eigenvalue weighted by atomic mass is 32.1. The van der Waals surface area contributed by atoms with Crippen molar-refractivity contribution in [2.45, 2.75) is 23.5 Å². The second-order valence-electron chi connectivity index (χ2n) is 2.38. The fraction of sp³-hybridized carbons (Fsp3) is 1.00. The van der Waals surface area contributed by atoms with Crippen LogP contribution in [0.3, 0.4) is 0 Å². The molecule has 0 aliphatic carbocycles. The van der Waals surface area contributed by atoms with Crippen molar-refractivity contribution in [3.8, 4) is 0 Å². The lowest BCUT2D eigenvalue weighted by molar-refractivity contribution is -0.154. The summed E-state index contributed by atoms with van der Waals surface area (Å²) in [6, 6.07) is 0. The molecule has 0 saturated carbocycles. The lowest BCUT2D eigenvalue weighted by atomic mass is 10.1. The first kappa shape index (κ1) is 9.21. The highest BCUT2D eigenvalue weighted by molar-refractivity contribution is 7.80. The van der Waals surface area contributed by atoms with Gasteiger partial charge in [-0.15, -0.1) is 12.6 Å². The minimum Gasteiger partial charge on any atom is -0.394 e. The van der Waals surface area contributed by atoms with Crippen LogP contribution in [-0.4, -0.2) is 45.4 Å². The summed E-state index contributed by atoms with van der Waals surface area (Å²) in [6.45, 7) is -0.551. The Kier molecular flexibility index (Phi) is 2.40. The lowest BCUT2D eigenvalue weighted by Crippen LogP contribution is -2.42. The zero-order valence-corrected chi connectivity index (χ0v) is 6.41.